The van der Waals surface area contributed by atoms with Gasteiger partial charge in [0.25, 0.3) is 0 Å². The minimum absolute atomic E-state index is 0.325. The molecule has 0 aliphatic carbocycles. The Hall–Kier alpha value is -0.470. The van der Waals surface area contributed by atoms with Crippen LogP contribution in [0.2, 0.25) is 0 Å². The SMILES string of the molecule is CC1(C)CSC(CCc2ccccc2)N1. The first-order valence-corrected chi connectivity index (χ1v) is 6.64. The summed E-state index contributed by atoms with van der Waals surface area (Å²) >= 11 is 2.06. The van der Waals surface area contributed by atoms with Gasteiger partial charge >= 0.3 is 0 Å². The zero-order valence-electron chi connectivity index (χ0n) is 9.49. The highest BCUT2D eigenvalue weighted by Gasteiger charge is 2.29. The molecule has 1 unspecified atom stereocenters. The standard InChI is InChI=1S/C13H19NS/c1-13(2)10-15-12(14-13)9-8-11-6-4-3-5-7-11/h3-7,12,14H,8-10H2,1-2H3. The molecule has 1 nitrogen and oxygen atoms in total. The molecule has 1 N–H and O–H groups in total. The Balaban J connectivity index is 1.80. The molecule has 15 heavy (non-hydrogen) atoms. The Kier molecular flexibility index (Phi) is 3.37. The number of thioether (sulfide) groups is 1. The lowest BCUT2D eigenvalue weighted by Crippen LogP contribution is -2.38. The normalized spacial score (nSPS) is 24.3. The van der Waals surface area contributed by atoms with Crippen LogP contribution in [0.3, 0.4) is 0 Å². The lowest BCUT2D eigenvalue weighted by atomic mass is 10.1. The predicted molar refractivity (Wildman–Crippen MR) is 68.2 cm³/mol. The topological polar surface area (TPSA) is 12.0 Å². The zero-order chi connectivity index (χ0) is 10.7. The van der Waals surface area contributed by atoms with E-state index in [-0.39, 0.29) is 0 Å². The van der Waals surface area contributed by atoms with Gasteiger partial charge in [-0.2, -0.15) is 0 Å². The van der Waals surface area contributed by atoms with E-state index in [2.05, 4.69) is 61.3 Å². The van der Waals surface area contributed by atoms with Crippen LogP contribution >= 0.6 is 11.8 Å². The molecule has 2 heteroatoms. The smallest absolute Gasteiger partial charge is 0.0540 e. The molecule has 1 heterocycles. The van der Waals surface area contributed by atoms with E-state index >= 15 is 0 Å². The van der Waals surface area contributed by atoms with Gasteiger partial charge < -0.3 is 0 Å². The van der Waals surface area contributed by atoms with Gasteiger partial charge in [0.1, 0.15) is 0 Å². The molecule has 0 saturated carbocycles. The molecule has 2 rings (SSSR count). The lowest BCUT2D eigenvalue weighted by molar-refractivity contribution is 0.437. The van der Waals surface area contributed by atoms with Crippen molar-refractivity contribution in [3.8, 4) is 0 Å². The summed E-state index contributed by atoms with van der Waals surface area (Å²) in [6, 6.07) is 10.7. The van der Waals surface area contributed by atoms with Gasteiger partial charge in [-0.3, -0.25) is 5.32 Å². The molecular weight excluding hydrogens is 202 g/mol. The Morgan fingerprint density at radius 2 is 2.07 bits per heavy atom. The number of hydrogen-bond donors (Lipinski definition) is 1. The van der Waals surface area contributed by atoms with Crippen molar-refractivity contribution >= 4 is 11.8 Å². The van der Waals surface area contributed by atoms with E-state index in [1.54, 1.807) is 0 Å². The average molecular weight is 221 g/mol. The first-order chi connectivity index (χ1) is 7.16. The molecule has 1 fully saturated rings. The fourth-order valence-corrected chi connectivity index (χ4v) is 3.31. The van der Waals surface area contributed by atoms with Gasteiger partial charge in [0, 0.05) is 11.3 Å². The van der Waals surface area contributed by atoms with Gasteiger partial charge in [0.2, 0.25) is 0 Å². The van der Waals surface area contributed by atoms with Crippen LogP contribution in [-0.2, 0) is 6.42 Å². The van der Waals surface area contributed by atoms with Gasteiger partial charge in [0.15, 0.2) is 0 Å². The largest absolute Gasteiger partial charge is 0.299 e. The molecule has 1 atom stereocenters. The molecule has 0 amide bonds. The molecule has 0 bridgehead atoms. The summed E-state index contributed by atoms with van der Waals surface area (Å²) in [6.45, 7) is 4.56. The van der Waals surface area contributed by atoms with Crippen molar-refractivity contribution in [1.29, 1.82) is 0 Å². The van der Waals surface area contributed by atoms with E-state index in [4.69, 9.17) is 0 Å². The van der Waals surface area contributed by atoms with Gasteiger partial charge in [-0.05, 0) is 32.3 Å². The lowest BCUT2D eigenvalue weighted by Gasteiger charge is -2.18. The molecule has 0 aromatic heterocycles. The van der Waals surface area contributed by atoms with Crippen molar-refractivity contribution in [2.45, 2.75) is 37.6 Å². The molecule has 82 valence electrons. The van der Waals surface area contributed by atoms with E-state index in [0.29, 0.717) is 10.9 Å². The first-order valence-electron chi connectivity index (χ1n) is 5.59. The van der Waals surface area contributed by atoms with Crippen molar-refractivity contribution in [1.82, 2.24) is 5.32 Å². The second kappa shape index (κ2) is 4.58. The number of hydrogen-bond acceptors (Lipinski definition) is 2. The minimum atomic E-state index is 0.325. The maximum absolute atomic E-state index is 3.66. The van der Waals surface area contributed by atoms with Gasteiger partial charge in [-0.15, -0.1) is 11.8 Å². The van der Waals surface area contributed by atoms with E-state index in [9.17, 15) is 0 Å². The van der Waals surface area contributed by atoms with Gasteiger partial charge in [0.05, 0.1) is 5.37 Å². The second-order valence-electron chi connectivity index (χ2n) is 4.85. The molecule has 1 aromatic rings. The highest BCUT2D eigenvalue weighted by atomic mass is 32.2. The second-order valence-corrected chi connectivity index (χ2v) is 6.04. The number of nitrogens with one attached hydrogen (secondary N) is 1. The van der Waals surface area contributed by atoms with E-state index in [0.717, 1.165) is 0 Å². The summed E-state index contributed by atoms with van der Waals surface area (Å²) in [4.78, 5) is 0. The van der Waals surface area contributed by atoms with Crippen LogP contribution in [0.25, 0.3) is 0 Å². The van der Waals surface area contributed by atoms with Crippen LogP contribution in [0.1, 0.15) is 25.8 Å². The summed E-state index contributed by atoms with van der Waals surface area (Å²) in [5, 5.41) is 4.30. The summed E-state index contributed by atoms with van der Waals surface area (Å²) in [5.41, 5.74) is 1.77. The summed E-state index contributed by atoms with van der Waals surface area (Å²) in [5.74, 6) is 1.23. The Labute approximate surface area is 96.7 Å². The van der Waals surface area contributed by atoms with Crippen LogP contribution in [0, 0.1) is 0 Å². The van der Waals surface area contributed by atoms with Gasteiger partial charge in [-0.1, -0.05) is 30.3 Å². The van der Waals surface area contributed by atoms with Crippen LogP contribution in [0.5, 0.6) is 0 Å². The molecular formula is C13H19NS. The quantitative estimate of drug-likeness (QED) is 0.842. The van der Waals surface area contributed by atoms with E-state index in [1.165, 1.54) is 24.2 Å². The van der Waals surface area contributed by atoms with Crippen molar-refractivity contribution in [3.05, 3.63) is 35.9 Å². The van der Waals surface area contributed by atoms with Crippen molar-refractivity contribution in [2.75, 3.05) is 5.75 Å². The van der Waals surface area contributed by atoms with Crippen LogP contribution in [0.4, 0.5) is 0 Å². The highest BCUT2D eigenvalue weighted by Crippen LogP contribution is 2.28. The molecule has 1 aliphatic heterocycles. The monoisotopic (exact) mass is 221 g/mol. The Morgan fingerprint density at radius 3 is 2.67 bits per heavy atom. The number of rotatable bonds is 3. The summed E-state index contributed by atoms with van der Waals surface area (Å²) in [7, 11) is 0. The maximum atomic E-state index is 3.66. The first kappa shape index (κ1) is 11.0. The Morgan fingerprint density at radius 1 is 1.33 bits per heavy atom. The number of aryl methyl sites for hydroxylation is 1. The van der Waals surface area contributed by atoms with E-state index < -0.39 is 0 Å². The fourth-order valence-electron chi connectivity index (χ4n) is 1.93. The van der Waals surface area contributed by atoms with Crippen LogP contribution < -0.4 is 5.32 Å². The molecule has 0 spiro atoms. The summed E-state index contributed by atoms with van der Waals surface area (Å²) < 4.78 is 0. The maximum Gasteiger partial charge on any atom is 0.0540 e. The zero-order valence-corrected chi connectivity index (χ0v) is 10.3. The molecule has 1 aromatic carbocycles. The third kappa shape index (κ3) is 3.25. The van der Waals surface area contributed by atoms with Crippen LogP contribution in [-0.4, -0.2) is 16.7 Å². The van der Waals surface area contributed by atoms with Gasteiger partial charge in [-0.25, -0.2) is 0 Å². The van der Waals surface area contributed by atoms with E-state index in [1.807, 2.05) is 0 Å². The molecule has 1 saturated heterocycles. The third-order valence-corrected chi connectivity index (χ3v) is 4.38. The van der Waals surface area contributed by atoms with Crippen molar-refractivity contribution in [3.63, 3.8) is 0 Å². The predicted octanol–water partition coefficient (Wildman–Crippen LogP) is 3.06. The summed E-state index contributed by atoms with van der Waals surface area (Å²) in [6.07, 6.45) is 2.42. The highest BCUT2D eigenvalue weighted by molar-refractivity contribution is 8.00. The number of benzene rings is 1. The average Bonchev–Trinajstić information content (AvgIpc) is 2.57. The molecule has 0 radical (unpaired) electrons. The third-order valence-electron chi connectivity index (χ3n) is 2.74. The van der Waals surface area contributed by atoms with Crippen molar-refractivity contribution < 1.29 is 0 Å². The van der Waals surface area contributed by atoms with Crippen molar-refractivity contribution in [2.24, 2.45) is 0 Å². The Bertz CT molecular complexity index is 308. The fraction of sp³-hybridized carbons (Fsp3) is 0.538. The molecule has 1 aliphatic rings. The minimum Gasteiger partial charge on any atom is -0.299 e. The van der Waals surface area contributed by atoms with Crippen LogP contribution in [0.15, 0.2) is 30.3 Å².